The number of hydrogen-bond acceptors (Lipinski definition) is 2. The minimum atomic E-state index is -3.10. The average Bonchev–Trinajstić information content (AvgIpc) is 1.68. The van der Waals surface area contributed by atoms with Crippen molar-refractivity contribution in [3.63, 3.8) is 0 Å². The molecule has 0 aromatic heterocycles. The topological polar surface area (TPSA) is 57.5 Å². The Labute approximate surface area is 59.3 Å². The fourth-order valence-electron chi connectivity index (χ4n) is 0.1000. The predicted molar refractivity (Wildman–Crippen MR) is 33.2 cm³/mol. The van der Waals surface area contributed by atoms with Crippen molar-refractivity contribution in [2.24, 2.45) is 0 Å². The average molecular weight is 151 g/mol. The van der Waals surface area contributed by atoms with Crippen molar-refractivity contribution in [3.8, 4) is 0 Å². The Morgan fingerprint density at radius 2 is 2.00 bits per heavy atom. The van der Waals surface area contributed by atoms with Gasteiger partial charge in [-0.05, 0) is 0 Å². The van der Waals surface area contributed by atoms with E-state index in [1.165, 1.54) is 0 Å². The maximum absolute atomic E-state index is 10.3. The summed E-state index contributed by atoms with van der Waals surface area (Å²) in [5.41, 5.74) is 0. The normalized spacial score (nSPS) is 16.4. The zero-order valence-corrected chi connectivity index (χ0v) is 6.79. The van der Waals surface area contributed by atoms with Gasteiger partial charge in [0, 0.05) is 23.5 Å². The first-order valence-corrected chi connectivity index (χ1v) is 4.07. The third kappa shape index (κ3) is 4.83. The van der Waals surface area contributed by atoms with Crippen LogP contribution in [-0.4, -0.2) is 39.9 Å². The first-order valence-electron chi connectivity index (χ1n) is 2.04. The van der Waals surface area contributed by atoms with E-state index in [4.69, 9.17) is 10.00 Å². The van der Waals surface area contributed by atoms with Gasteiger partial charge in [-0.25, -0.2) is 0 Å². The van der Waals surface area contributed by atoms with Crippen molar-refractivity contribution >= 4 is 24.7 Å². The van der Waals surface area contributed by atoms with Crippen LogP contribution in [0.1, 0.15) is 6.92 Å². The van der Waals surface area contributed by atoms with Crippen molar-refractivity contribution in [2.45, 2.75) is 6.92 Å². The summed E-state index contributed by atoms with van der Waals surface area (Å²) in [5, 5.41) is 8.08. The lowest BCUT2D eigenvalue weighted by Crippen LogP contribution is -1.87. The van der Waals surface area contributed by atoms with Gasteiger partial charge in [0.1, 0.15) is 6.35 Å². The molecule has 0 fully saturated rings. The third-order valence-electron chi connectivity index (χ3n) is 0.715. The van der Waals surface area contributed by atoms with Gasteiger partial charge in [-0.1, -0.05) is 6.92 Å². The van der Waals surface area contributed by atoms with E-state index in [-0.39, 0.29) is 23.5 Å². The first kappa shape index (κ1) is 11.5. The van der Waals surface area contributed by atoms with Gasteiger partial charge in [0.05, 0.1) is 0 Å². The van der Waals surface area contributed by atoms with E-state index in [2.05, 4.69) is 0 Å². The summed E-state index contributed by atoms with van der Waals surface area (Å²) in [6, 6.07) is 0. The highest BCUT2D eigenvalue weighted by Crippen LogP contribution is 2.37. The van der Waals surface area contributed by atoms with Gasteiger partial charge in [0.25, 0.3) is 0 Å². The summed E-state index contributed by atoms with van der Waals surface area (Å²) in [6.07, 6.45) is -0.438. The van der Waals surface area contributed by atoms with Crippen LogP contribution in [0.4, 0.5) is 0 Å². The molecule has 0 heterocycles. The molecule has 1 atom stereocenters. The molecule has 0 aliphatic carbocycles. The molecule has 1 unspecified atom stereocenters. The Morgan fingerprint density at radius 3 is 2.00 bits per heavy atom. The maximum atomic E-state index is 10.3. The van der Waals surface area contributed by atoms with E-state index in [0.717, 1.165) is 0 Å². The molecule has 3 radical (unpaired) electrons. The second-order valence-corrected chi connectivity index (χ2v) is 3.91. The van der Waals surface area contributed by atoms with Crippen LogP contribution < -0.4 is 0 Å². The minimum absolute atomic E-state index is 0. The molecule has 0 bridgehead atoms. The minimum Gasteiger partial charge on any atom is -0.386 e. The lowest BCUT2D eigenvalue weighted by Gasteiger charge is -2.00. The highest BCUT2D eigenvalue weighted by molar-refractivity contribution is 7.57. The molecule has 0 saturated heterocycles. The molecule has 3 nitrogen and oxygen atoms in total. The molecule has 0 aliphatic rings. The van der Waals surface area contributed by atoms with Crippen molar-refractivity contribution in [3.05, 3.63) is 0 Å². The van der Waals surface area contributed by atoms with Crippen LogP contribution in [-0.2, 0) is 4.57 Å². The van der Waals surface area contributed by atoms with E-state index in [9.17, 15) is 4.57 Å². The summed E-state index contributed by atoms with van der Waals surface area (Å²) < 4.78 is 10.3. The van der Waals surface area contributed by atoms with Crippen LogP contribution in [0.3, 0.4) is 0 Å². The Balaban J connectivity index is 0. The summed E-state index contributed by atoms with van der Waals surface area (Å²) >= 11 is 0. The number of hydrogen-bond donors (Lipinski definition) is 2. The van der Waals surface area contributed by atoms with Gasteiger partial charge in [0.15, 0.2) is 0 Å². The van der Waals surface area contributed by atoms with Gasteiger partial charge in [-0.2, -0.15) is 0 Å². The van der Waals surface area contributed by atoms with Crippen LogP contribution in [0.5, 0.6) is 0 Å². The summed E-state index contributed by atoms with van der Waals surface area (Å²) in [7, 11) is -3.10. The summed E-state index contributed by atoms with van der Waals surface area (Å²) in [6.45, 7) is 1.57. The summed E-state index contributed by atoms with van der Waals surface area (Å²) in [5.74, 6) is 0. The molecule has 0 rings (SSSR count). The van der Waals surface area contributed by atoms with Crippen LogP contribution in [0.15, 0.2) is 0 Å². The number of aliphatic hydroxyl groups excluding tert-OH is 1. The Morgan fingerprint density at radius 1 is 1.62 bits per heavy atom. The molecule has 0 saturated carbocycles. The second kappa shape index (κ2) is 4.55. The van der Waals surface area contributed by atoms with Crippen molar-refractivity contribution < 1.29 is 14.6 Å². The van der Waals surface area contributed by atoms with Gasteiger partial charge in [0.2, 0.25) is 7.37 Å². The highest BCUT2D eigenvalue weighted by Gasteiger charge is 2.10. The van der Waals surface area contributed by atoms with Crippen LogP contribution in [0.25, 0.3) is 0 Å². The lowest BCUT2D eigenvalue weighted by molar-refractivity contribution is 0.333. The number of rotatable bonds is 2. The van der Waals surface area contributed by atoms with Crippen molar-refractivity contribution in [1.82, 2.24) is 0 Å². The van der Waals surface area contributed by atoms with E-state index >= 15 is 0 Å². The summed E-state index contributed by atoms with van der Waals surface area (Å²) in [4.78, 5) is 8.44. The highest BCUT2D eigenvalue weighted by atomic mass is 31.2. The fourth-order valence-corrected chi connectivity index (χ4v) is 0.300. The fraction of sp³-hybridized carbons (Fsp3) is 1.00. The first-order chi connectivity index (χ1) is 3.12. The molecular formula is C3H9AlO3P. The molecule has 2 N–H and O–H groups in total. The molecule has 0 amide bonds. The smallest absolute Gasteiger partial charge is 0.224 e. The molecule has 8 heavy (non-hydrogen) atoms. The van der Waals surface area contributed by atoms with Crippen molar-refractivity contribution in [1.29, 1.82) is 0 Å². The second-order valence-electron chi connectivity index (χ2n) is 1.30. The molecular weight excluding hydrogens is 142 g/mol. The van der Waals surface area contributed by atoms with E-state index in [1.54, 1.807) is 6.92 Å². The van der Waals surface area contributed by atoms with Crippen LogP contribution in [0, 0.1) is 0 Å². The Hall–Kier alpha value is 0.682. The molecule has 0 aliphatic heterocycles. The maximum Gasteiger partial charge on any atom is 0.224 e. The number of aliphatic hydroxyl groups is 1. The van der Waals surface area contributed by atoms with Gasteiger partial charge in [-0.15, -0.1) is 0 Å². The van der Waals surface area contributed by atoms with Crippen LogP contribution in [0.2, 0.25) is 0 Å². The molecule has 0 aromatic carbocycles. The standard InChI is InChI=1S/C3H9O3P.Al/c1-2-7(5,6)3-4;/h4H,2-3H2,1H3,(H,5,6);. The predicted octanol–water partition coefficient (Wildman–Crippen LogP) is -0.154. The largest absolute Gasteiger partial charge is 0.386 e. The van der Waals surface area contributed by atoms with E-state index in [1.807, 2.05) is 0 Å². The molecule has 0 aromatic rings. The van der Waals surface area contributed by atoms with Crippen molar-refractivity contribution in [2.75, 3.05) is 12.5 Å². The zero-order valence-electron chi connectivity index (χ0n) is 4.74. The Kier molecular flexibility index (Phi) is 6.53. The third-order valence-corrected chi connectivity index (χ3v) is 2.15. The van der Waals surface area contributed by atoms with Gasteiger partial charge >= 0.3 is 0 Å². The van der Waals surface area contributed by atoms with Gasteiger partial charge in [-0.3, -0.25) is 4.57 Å². The zero-order chi connectivity index (χ0) is 5.91. The SMILES string of the molecule is CCP(=O)(O)CO.[Al]. The lowest BCUT2D eigenvalue weighted by atomic mass is 11.0. The Bertz CT molecular complexity index is 86.5. The monoisotopic (exact) mass is 151 g/mol. The van der Waals surface area contributed by atoms with Gasteiger partial charge < -0.3 is 10.00 Å². The van der Waals surface area contributed by atoms with E-state index in [0.29, 0.717) is 0 Å². The van der Waals surface area contributed by atoms with Crippen LogP contribution >= 0.6 is 7.37 Å². The molecule has 0 spiro atoms. The molecule has 47 valence electrons. The van der Waals surface area contributed by atoms with E-state index < -0.39 is 13.7 Å². The quantitative estimate of drug-likeness (QED) is 0.426. The molecule has 5 heteroatoms.